The smallest absolute Gasteiger partial charge is 0.407 e. The summed E-state index contributed by atoms with van der Waals surface area (Å²) in [5, 5.41) is 2.67. The molecular formula is C14H21N3O2. The molecule has 0 aliphatic heterocycles. The molecular weight excluding hydrogens is 242 g/mol. The number of hydrogen-bond donors (Lipinski definition) is 2. The molecule has 0 aromatic carbocycles. The molecule has 104 valence electrons. The van der Waals surface area contributed by atoms with Crippen LogP contribution in [0.5, 0.6) is 0 Å². The maximum absolute atomic E-state index is 11.5. The topological polar surface area (TPSA) is 77.2 Å². The Morgan fingerprint density at radius 1 is 1.47 bits per heavy atom. The zero-order chi connectivity index (χ0) is 14.1. The van der Waals surface area contributed by atoms with Gasteiger partial charge in [0.05, 0.1) is 12.2 Å². The van der Waals surface area contributed by atoms with Crippen LogP contribution in [0.25, 0.3) is 0 Å². The van der Waals surface area contributed by atoms with Gasteiger partial charge in [-0.2, -0.15) is 0 Å². The number of ether oxygens (including phenoxy) is 1. The number of carbonyl (C=O) groups excluding carboxylic acids is 1. The summed E-state index contributed by atoms with van der Waals surface area (Å²) in [5.41, 5.74) is 7.28. The third-order valence-corrected chi connectivity index (χ3v) is 3.00. The lowest BCUT2D eigenvalue weighted by molar-refractivity contribution is 0.0523. The summed E-state index contributed by atoms with van der Waals surface area (Å²) in [6.45, 7) is 5.84. The maximum atomic E-state index is 11.5. The van der Waals surface area contributed by atoms with Crippen LogP contribution in [-0.4, -0.2) is 16.7 Å². The van der Waals surface area contributed by atoms with Gasteiger partial charge < -0.3 is 15.8 Å². The van der Waals surface area contributed by atoms with Gasteiger partial charge in [0, 0.05) is 11.7 Å². The second-order valence-electron chi connectivity index (χ2n) is 6.05. The summed E-state index contributed by atoms with van der Waals surface area (Å²) >= 11 is 0. The van der Waals surface area contributed by atoms with Crippen molar-refractivity contribution >= 4 is 6.09 Å². The third kappa shape index (κ3) is 3.92. The fourth-order valence-corrected chi connectivity index (χ4v) is 1.72. The lowest BCUT2D eigenvalue weighted by atomic mass is 10.1. The van der Waals surface area contributed by atoms with Crippen LogP contribution in [0.2, 0.25) is 0 Å². The number of carbonyl (C=O) groups is 1. The SMILES string of the molecule is CC(C)(C)OC(=O)NCc1ccc(C2(N)CC2)cn1. The van der Waals surface area contributed by atoms with Crippen molar-refractivity contribution in [1.82, 2.24) is 10.3 Å². The van der Waals surface area contributed by atoms with Crippen molar-refractivity contribution in [3.63, 3.8) is 0 Å². The van der Waals surface area contributed by atoms with E-state index >= 15 is 0 Å². The van der Waals surface area contributed by atoms with Crippen molar-refractivity contribution in [3.05, 3.63) is 29.6 Å². The van der Waals surface area contributed by atoms with E-state index in [2.05, 4.69) is 10.3 Å². The standard InChI is InChI=1S/C14H21N3O2/c1-13(2,3)19-12(18)17-9-11-5-4-10(8-16-11)14(15)6-7-14/h4-5,8H,6-7,9,15H2,1-3H3,(H,17,18). The van der Waals surface area contributed by atoms with Crippen LogP contribution in [0.1, 0.15) is 44.9 Å². The van der Waals surface area contributed by atoms with Crippen LogP contribution in [0.15, 0.2) is 18.3 Å². The first kappa shape index (κ1) is 13.8. The molecule has 0 bridgehead atoms. The molecule has 0 unspecified atom stereocenters. The summed E-state index contributed by atoms with van der Waals surface area (Å²) in [6, 6.07) is 3.87. The molecule has 1 aromatic rings. The van der Waals surface area contributed by atoms with E-state index in [1.807, 2.05) is 32.9 Å². The summed E-state index contributed by atoms with van der Waals surface area (Å²) in [6.07, 6.45) is 3.39. The second-order valence-corrected chi connectivity index (χ2v) is 6.05. The molecule has 0 saturated heterocycles. The molecule has 1 saturated carbocycles. The highest BCUT2D eigenvalue weighted by molar-refractivity contribution is 5.67. The van der Waals surface area contributed by atoms with E-state index in [1.165, 1.54) is 0 Å². The van der Waals surface area contributed by atoms with Crippen molar-refractivity contribution < 1.29 is 9.53 Å². The molecule has 1 fully saturated rings. The summed E-state index contributed by atoms with van der Waals surface area (Å²) in [7, 11) is 0. The van der Waals surface area contributed by atoms with Crippen LogP contribution in [0, 0.1) is 0 Å². The van der Waals surface area contributed by atoms with E-state index in [1.54, 1.807) is 6.20 Å². The zero-order valence-electron chi connectivity index (χ0n) is 11.7. The lowest BCUT2D eigenvalue weighted by Crippen LogP contribution is -2.32. The van der Waals surface area contributed by atoms with Gasteiger partial charge in [-0.1, -0.05) is 6.07 Å². The van der Waals surface area contributed by atoms with E-state index in [0.29, 0.717) is 6.54 Å². The van der Waals surface area contributed by atoms with Gasteiger partial charge in [-0.25, -0.2) is 4.79 Å². The number of nitrogens with two attached hydrogens (primary N) is 1. The Morgan fingerprint density at radius 2 is 2.16 bits per heavy atom. The van der Waals surface area contributed by atoms with E-state index < -0.39 is 11.7 Å². The summed E-state index contributed by atoms with van der Waals surface area (Å²) in [4.78, 5) is 15.8. The molecule has 1 amide bonds. The first-order chi connectivity index (χ1) is 8.78. The fraction of sp³-hybridized carbons (Fsp3) is 0.571. The van der Waals surface area contributed by atoms with Gasteiger partial charge in [-0.15, -0.1) is 0 Å². The van der Waals surface area contributed by atoms with Crippen molar-refractivity contribution in [1.29, 1.82) is 0 Å². The summed E-state index contributed by atoms with van der Waals surface area (Å²) < 4.78 is 5.15. The minimum absolute atomic E-state index is 0.163. The van der Waals surface area contributed by atoms with E-state index in [9.17, 15) is 4.79 Å². The molecule has 3 N–H and O–H groups in total. The van der Waals surface area contributed by atoms with Gasteiger partial charge in [0.15, 0.2) is 0 Å². The maximum Gasteiger partial charge on any atom is 0.407 e. The molecule has 1 aliphatic rings. The highest BCUT2D eigenvalue weighted by atomic mass is 16.6. The van der Waals surface area contributed by atoms with E-state index in [0.717, 1.165) is 24.1 Å². The minimum atomic E-state index is -0.487. The third-order valence-electron chi connectivity index (χ3n) is 3.00. The number of amides is 1. The quantitative estimate of drug-likeness (QED) is 0.875. The van der Waals surface area contributed by atoms with Gasteiger partial charge in [-0.3, -0.25) is 4.98 Å². The Morgan fingerprint density at radius 3 is 2.63 bits per heavy atom. The van der Waals surface area contributed by atoms with Crippen LogP contribution in [-0.2, 0) is 16.8 Å². The first-order valence-electron chi connectivity index (χ1n) is 6.50. The number of nitrogens with zero attached hydrogens (tertiary/aromatic N) is 1. The number of rotatable bonds is 3. The second kappa shape index (κ2) is 4.81. The van der Waals surface area contributed by atoms with Gasteiger partial charge in [0.1, 0.15) is 5.60 Å². The monoisotopic (exact) mass is 263 g/mol. The Kier molecular flexibility index (Phi) is 3.49. The van der Waals surface area contributed by atoms with Crippen LogP contribution in [0.4, 0.5) is 4.79 Å². The molecule has 5 nitrogen and oxygen atoms in total. The first-order valence-corrected chi connectivity index (χ1v) is 6.50. The molecule has 0 radical (unpaired) electrons. The molecule has 0 atom stereocenters. The van der Waals surface area contributed by atoms with Crippen molar-refractivity contribution in [2.75, 3.05) is 0 Å². The highest BCUT2D eigenvalue weighted by Crippen LogP contribution is 2.42. The lowest BCUT2D eigenvalue weighted by Gasteiger charge is -2.19. The van der Waals surface area contributed by atoms with Gasteiger partial charge in [0.25, 0.3) is 0 Å². The van der Waals surface area contributed by atoms with Gasteiger partial charge in [-0.05, 0) is 45.2 Å². The average molecular weight is 263 g/mol. The number of alkyl carbamates (subject to hydrolysis) is 1. The van der Waals surface area contributed by atoms with Crippen molar-refractivity contribution in [2.24, 2.45) is 5.73 Å². The fourth-order valence-electron chi connectivity index (χ4n) is 1.72. The molecule has 5 heteroatoms. The largest absolute Gasteiger partial charge is 0.444 e. The molecule has 0 spiro atoms. The predicted molar refractivity (Wildman–Crippen MR) is 72.4 cm³/mol. The summed E-state index contributed by atoms with van der Waals surface area (Å²) in [5.74, 6) is 0. The normalized spacial score (nSPS) is 16.8. The Balaban J connectivity index is 1.85. The number of aromatic nitrogens is 1. The van der Waals surface area contributed by atoms with Gasteiger partial charge in [0.2, 0.25) is 0 Å². The molecule has 1 aliphatic carbocycles. The molecule has 1 aromatic heterocycles. The molecule has 2 rings (SSSR count). The van der Waals surface area contributed by atoms with Gasteiger partial charge >= 0.3 is 6.09 Å². The molecule has 1 heterocycles. The van der Waals surface area contributed by atoms with Crippen LogP contribution >= 0.6 is 0 Å². The Hall–Kier alpha value is -1.62. The van der Waals surface area contributed by atoms with Crippen LogP contribution in [0.3, 0.4) is 0 Å². The predicted octanol–water partition coefficient (Wildman–Crippen LogP) is 2.05. The average Bonchev–Trinajstić information content (AvgIpc) is 3.04. The Bertz CT molecular complexity index is 459. The number of nitrogens with one attached hydrogen (secondary N) is 1. The molecule has 19 heavy (non-hydrogen) atoms. The van der Waals surface area contributed by atoms with E-state index in [4.69, 9.17) is 10.5 Å². The number of pyridine rings is 1. The van der Waals surface area contributed by atoms with Crippen molar-refractivity contribution in [2.45, 2.75) is 51.3 Å². The zero-order valence-corrected chi connectivity index (χ0v) is 11.7. The van der Waals surface area contributed by atoms with E-state index in [-0.39, 0.29) is 5.54 Å². The van der Waals surface area contributed by atoms with Crippen LogP contribution < -0.4 is 11.1 Å². The number of hydrogen-bond acceptors (Lipinski definition) is 4. The Labute approximate surface area is 113 Å². The minimum Gasteiger partial charge on any atom is -0.444 e. The van der Waals surface area contributed by atoms with Crippen molar-refractivity contribution in [3.8, 4) is 0 Å². The highest BCUT2D eigenvalue weighted by Gasteiger charge is 2.40.